The van der Waals surface area contributed by atoms with Gasteiger partial charge in [0.2, 0.25) is 0 Å². The molecule has 1 atom stereocenters. The predicted molar refractivity (Wildman–Crippen MR) is 69.2 cm³/mol. The first-order valence-corrected chi connectivity index (χ1v) is 5.90. The lowest BCUT2D eigenvalue weighted by Gasteiger charge is -2.16. The van der Waals surface area contributed by atoms with Crippen LogP contribution in [0.3, 0.4) is 0 Å². The van der Waals surface area contributed by atoms with Gasteiger partial charge in [-0.3, -0.25) is 4.79 Å². The number of halogens is 1. The van der Waals surface area contributed by atoms with Crippen molar-refractivity contribution >= 4 is 17.6 Å². The molecule has 0 spiro atoms. The van der Waals surface area contributed by atoms with Gasteiger partial charge in [0, 0.05) is 5.69 Å². The molecule has 4 N–H and O–H groups in total. The number of aliphatic carboxylic acids is 1. The van der Waals surface area contributed by atoms with E-state index in [0.717, 1.165) is 6.07 Å². The summed E-state index contributed by atoms with van der Waals surface area (Å²) < 4.78 is 13.5. The summed E-state index contributed by atoms with van der Waals surface area (Å²) in [6, 6.07) is 2.60. The molecule has 5 nitrogen and oxygen atoms in total. The summed E-state index contributed by atoms with van der Waals surface area (Å²) in [5, 5.41) is 11.3. The second-order valence-electron chi connectivity index (χ2n) is 4.73. The van der Waals surface area contributed by atoms with E-state index in [1.165, 1.54) is 12.1 Å². The van der Waals surface area contributed by atoms with Crippen LogP contribution in [0, 0.1) is 11.7 Å². The second kappa shape index (κ2) is 6.17. The van der Waals surface area contributed by atoms with Crippen molar-refractivity contribution in [3.8, 4) is 0 Å². The lowest BCUT2D eigenvalue weighted by atomic mass is 10.0. The van der Waals surface area contributed by atoms with Gasteiger partial charge in [-0.05, 0) is 30.5 Å². The van der Waals surface area contributed by atoms with E-state index in [9.17, 15) is 14.0 Å². The number of anilines is 1. The van der Waals surface area contributed by atoms with Crippen LogP contribution >= 0.6 is 0 Å². The van der Waals surface area contributed by atoms with Crippen LogP contribution in [0.2, 0.25) is 0 Å². The molecule has 0 heterocycles. The molecule has 0 unspecified atom stereocenters. The third-order valence-corrected chi connectivity index (χ3v) is 2.55. The third-order valence-electron chi connectivity index (χ3n) is 2.55. The van der Waals surface area contributed by atoms with Crippen LogP contribution in [0.1, 0.15) is 30.6 Å². The van der Waals surface area contributed by atoms with Gasteiger partial charge >= 0.3 is 5.97 Å². The number of carbonyl (C=O) groups excluding carboxylic acids is 1. The molecular formula is C13H17FN2O3. The first-order chi connectivity index (χ1) is 8.81. The monoisotopic (exact) mass is 268 g/mol. The summed E-state index contributed by atoms with van der Waals surface area (Å²) in [5.74, 6) is -2.58. The van der Waals surface area contributed by atoms with Gasteiger partial charge in [0.15, 0.2) is 0 Å². The molecule has 0 fully saturated rings. The minimum Gasteiger partial charge on any atom is -0.480 e. The molecule has 6 heteroatoms. The number of nitrogens with two attached hydrogens (primary N) is 1. The zero-order valence-electron chi connectivity index (χ0n) is 10.8. The minimum atomic E-state index is -1.14. The maximum atomic E-state index is 13.5. The molecule has 1 rings (SSSR count). The first kappa shape index (κ1) is 14.9. The highest BCUT2D eigenvalue weighted by Crippen LogP contribution is 2.13. The molecule has 0 aliphatic heterocycles. The summed E-state index contributed by atoms with van der Waals surface area (Å²) in [5.41, 5.74) is 5.36. The average molecular weight is 268 g/mol. The van der Waals surface area contributed by atoms with Gasteiger partial charge < -0.3 is 16.2 Å². The lowest BCUT2D eigenvalue weighted by Crippen LogP contribution is -2.41. The molecule has 0 radical (unpaired) electrons. The fourth-order valence-electron chi connectivity index (χ4n) is 1.64. The first-order valence-electron chi connectivity index (χ1n) is 5.90. The van der Waals surface area contributed by atoms with Crippen molar-refractivity contribution in [3.05, 3.63) is 29.6 Å². The number of carbonyl (C=O) groups is 2. The maximum absolute atomic E-state index is 13.5. The van der Waals surface area contributed by atoms with E-state index in [0.29, 0.717) is 0 Å². The number of carboxylic acids is 1. The molecule has 1 aromatic rings. The topological polar surface area (TPSA) is 92.4 Å². The Bertz CT molecular complexity index is 489. The number of carboxylic acid groups (broad SMARTS) is 1. The highest BCUT2D eigenvalue weighted by atomic mass is 19.1. The zero-order chi connectivity index (χ0) is 14.6. The summed E-state index contributed by atoms with van der Waals surface area (Å²) in [6.45, 7) is 3.68. The Morgan fingerprint density at radius 1 is 1.42 bits per heavy atom. The van der Waals surface area contributed by atoms with E-state index < -0.39 is 23.7 Å². The fourth-order valence-corrected chi connectivity index (χ4v) is 1.64. The Balaban J connectivity index is 2.84. The number of hydrogen-bond donors (Lipinski definition) is 3. The molecule has 0 saturated heterocycles. The normalized spacial score (nSPS) is 12.2. The second-order valence-corrected chi connectivity index (χ2v) is 4.73. The number of nitrogens with one attached hydrogen (secondary N) is 1. The van der Waals surface area contributed by atoms with Crippen molar-refractivity contribution in [2.75, 3.05) is 5.73 Å². The van der Waals surface area contributed by atoms with Crippen LogP contribution in [-0.4, -0.2) is 23.0 Å². The Labute approximate surface area is 110 Å². The number of benzene rings is 1. The highest BCUT2D eigenvalue weighted by molar-refractivity contribution is 5.97. The summed E-state index contributed by atoms with van der Waals surface area (Å²) in [4.78, 5) is 22.8. The van der Waals surface area contributed by atoms with Gasteiger partial charge in [-0.2, -0.15) is 0 Å². The number of nitrogen functional groups attached to an aromatic ring is 1. The van der Waals surface area contributed by atoms with Crippen molar-refractivity contribution in [1.82, 2.24) is 5.32 Å². The molecule has 0 aliphatic rings. The SMILES string of the molecule is CC(C)C[C@@H](NC(=O)c1ccc(N)cc1F)C(=O)O. The standard InChI is InChI=1S/C13H17FN2O3/c1-7(2)5-11(13(18)19)16-12(17)9-4-3-8(15)6-10(9)14/h3-4,6-7,11H,5,15H2,1-2H3,(H,16,17)(H,18,19)/t11-/m1/s1. The van der Waals surface area contributed by atoms with Crippen LogP contribution in [0.25, 0.3) is 0 Å². The van der Waals surface area contributed by atoms with Crippen molar-refractivity contribution in [2.24, 2.45) is 5.92 Å². The van der Waals surface area contributed by atoms with Gasteiger partial charge in [0.05, 0.1) is 5.56 Å². The van der Waals surface area contributed by atoms with Crippen LogP contribution in [-0.2, 0) is 4.79 Å². The smallest absolute Gasteiger partial charge is 0.326 e. The van der Waals surface area contributed by atoms with Crippen molar-refractivity contribution in [3.63, 3.8) is 0 Å². The molecule has 1 aromatic carbocycles. The Hall–Kier alpha value is -2.11. The van der Waals surface area contributed by atoms with E-state index in [1.54, 1.807) is 0 Å². The number of amides is 1. The van der Waals surface area contributed by atoms with Gasteiger partial charge in [0.25, 0.3) is 5.91 Å². The van der Waals surface area contributed by atoms with E-state index >= 15 is 0 Å². The Morgan fingerprint density at radius 2 is 2.05 bits per heavy atom. The molecule has 0 bridgehead atoms. The largest absolute Gasteiger partial charge is 0.480 e. The highest BCUT2D eigenvalue weighted by Gasteiger charge is 2.23. The zero-order valence-corrected chi connectivity index (χ0v) is 10.8. The third kappa shape index (κ3) is 4.24. The van der Waals surface area contributed by atoms with Crippen LogP contribution in [0.4, 0.5) is 10.1 Å². The molecule has 0 saturated carbocycles. The van der Waals surface area contributed by atoms with Crippen LogP contribution in [0.15, 0.2) is 18.2 Å². The molecular weight excluding hydrogens is 251 g/mol. The maximum Gasteiger partial charge on any atom is 0.326 e. The van der Waals surface area contributed by atoms with E-state index in [4.69, 9.17) is 10.8 Å². The summed E-state index contributed by atoms with van der Waals surface area (Å²) >= 11 is 0. The molecule has 0 aliphatic carbocycles. The molecule has 0 aromatic heterocycles. The molecule has 104 valence electrons. The van der Waals surface area contributed by atoms with E-state index in [-0.39, 0.29) is 23.6 Å². The van der Waals surface area contributed by atoms with Gasteiger partial charge in [0.1, 0.15) is 11.9 Å². The van der Waals surface area contributed by atoms with Crippen LogP contribution < -0.4 is 11.1 Å². The van der Waals surface area contributed by atoms with E-state index in [1.807, 2.05) is 13.8 Å². The van der Waals surface area contributed by atoms with Gasteiger partial charge in [-0.25, -0.2) is 9.18 Å². The van der Waals surface area contributed by atoms with Crippen molar-refractivity contribution in [2.45, 2.75) is 26.3 Å². The average Bonchev–Trinajstić information content (AvgIpc) is 2.26. The fraction of sp³-hybridized carbons (Fsp3) is 0.385. The van der Waals surface area contributed by atoms with Crippen molar-refractivity contribution in [1.29, 1.82) is 0 Å². The lowest BCUT2D eigenvalue weighted by molar-refractivity contribution is -0.139. The van der Waals surface area contributed by atoms with Crippen LogP contribution in [0.5, 0.6) is 0 Å². The Morgan fingerprint density at radius 3 is 2.53 bits per heavy atom. The minimum absolute atomic E-state index is 0.0951. The number of rotatable bonds is 5. The predicted octanol–water partition coefficient (Wildman–Crippen LogP) is 1.64. The van der Waals surface area contributed by atoms with Gasteiger partial charge in [-0.15, -0.1) is 0 Å². The molecule has 1 amide bonds. The quantitative estimate of drug-likeness (QED) is 0.708. The summed E-state index contributed by atoms with van der Waals surface area (Å²) in [6.07, 6.45) is 0.275. The Kier molecular flexibility index (Phi) is 4.86. The van der Waals surface area contributed by atoms with Crippen molar-refractivity contribution < 1.29 is 19.1 Å². The molecule has 19 heavy (non-hydrogen) atoms. The van der Waals surface area contributed by atoms with Gasteiger partial charge in [-0.1, -0.05) is 13.8 Å². The van der Waals surface area contributed by atoms with E-state index in [2.05, 4.69) is 5.32 Å². The summed E-state index contributed by atoms with van der Waals surface area (Å²) in [7, 11) is 0. The number of hydrogen-bond acceptors (Lipinski definition) is 3.